The molecule has 1 unspecified atom stereocenters. The fraction of sp³-hybridized carbons (Fsp3) is 0.636. The van der Waals surface area contributed by atoms with Gasteiger partial charge >= 0.3 is 0 Å². The van der Waals surface area contributed by atoms with Crippen LogP contribution in [0.3, 0.4) is 0 Å². The van der Waals surface area contributed by atoms with Crippen LogP contribution in [-0.4, -0.2) is 23.1 Å². The Balaban J connectivity index is 2.12. The minimum absolute atomic E-state index is 0.519. The highest BCUT2D eigenvalue weighted by atomic mass is 14.9. The number of nitrogens with zero attached hydrogens (tertiary/aromatic N) is 2. The molecular weight excluding hydrogens is 174 g/mol. The maximum absolute atomic E-state index is 4.43. The van der Waals surface area contributed by atoms with Crippen molar-refractivity contribution in [1.82, 2.24) is 15.3 Å². The van der Waals surface area contributed by atoms with Crippen LogP contribution < -0.4 is 5.32 Å². The summed E-state index contributed by atoms with van der Waals surface area (Å²) < 4.78 is 0. The van der Waals surface area contributed by atoms with Crippen LogP contribution in [0.4, 0.5) is 0 Å². The summed E-state index contributed by atoms with van der Waals surface area (Å²) in [7, 11) is 0. The van der Waals surface area contributed by atoms with Crippen molar-refractivity contribution in [2.45, 2.75) is 32.1 Å². The molecule has 0 aromatic carbocycles. The third kappa shape index (κ3) is 1.93. The lowest BCUT2D eigenvalue weighted by Gasteiger charge is -2.08. The van der Waals surface area contributed by atoms with Crippen molar-refractivity contribution in [3.05, 3.63) is 23.8 Å². The summed E-state index contributed by atoms with van der Waals surface area (Å²) in [5.41, 5.74) is 1.22. The van der Waals surface area contributed by atoms with Crippen LogP contribution in [-0.2, 0) is 0 Å². The highest BCUT2D eigenvalue weighted by Gasteiger charge is 2.18. The topological polar surface area (TPSA) is 37.8 Å². The Hall–Kier alpha value is -0.960. The quantitative estimate of drug-likeness (QED) is 0.772. The van der Waals surface area contributed by atoms with E-state index in [1.165, 1.54) is 12.0 Å². The average Bonchev–Trinajstić information content (AvgIpc) is 2.71. The van der Waals surface area contributed by atoms with E-state index in [4.69, 9.17) is 0 Å². The molecule has 1 aliphatic heterocycles. The molecule has 2 heterocycles. The maximum atomic E-state index is 4.43. The van der Waals surface area contributed by atoms with Gasteiger partial charge in [-0.15, -0.1) is 0 Å². The third-order valence-corrected chi connectivity index (χ3v) is 2.78. The van der Waals surface area contributed by atoms with Crippen molar-refractivity contribution >= 4 is 0 Å². The molecule has 1 atom stereocenters. The van der Waals surface area contributed by atoms with Crippen LogP contribution in [0.25, 0.3) is 0 Å². The van der Waals surface area contributed by atoms with Gasteiger partial charge in [-0.1, -0.05) is 13.8 Å². The second kappa shape index (κ2) is 4.05. The Morgan fingerprint density at radius 2 is 2.07 bits per heavy atom. The largest absolute Gasteiger partial charge is 0.316 e. The monoisotopic (exact) mass is 191 g/mol. The van der Waals surface area contributed by atoms with Crippen molar-refractivity contribution in [3.8, 4) is 0 Å². The van der Waals surface area contributed by atoms with Gasteiger partial charge in [0, 0.05) is 24.9 Å². The minimum atomic E-state index is 0.519. The van der Waals surface area contributed by atoms with Crippen LogP contribution >= 0.6 is 0 Å². The number of rotatable bonds is 2. The highest BCUT2D eigenvalue weighted by molar-refractivity contribution is 5.12. The molecule has 0 aliphatic carbocycles. The summed E-state index contributed by atoms with van der Waals surface area (Å²) in [5.74, 6) is 2.04. The van der Waals surface area contributed by atoms with Crippen molar-refractivity contribution < 1.29 is 0 Å². The predicted molar refractivity (Wildman–Crippen MR) is 56.3 cm³/mol. The summed E-state index contributed by atoms with van der Waals surface area (Å²) in [6.07, 6.45) is 5.09. The molecule has 1 N–H and O–H groups in total. The number of nitrogens with one attached hydrogen (secondary N) is 1. The molecule has 14 heavy (non-hydrogen) atoms. The van der Waals surface area contributed by atoms with E-state index in [0.29, 0.717) is 11.8 Å². The van der Waals surface area contributed by atoms with E-state index in [-0.39, 0.29) is 0 Å². The molecule has 1 aliphatic rings. The van der Waals surface area contributed by atoms with Gasteiger partial charge < -0.3 is 5.32 Å². The second-order valence-electron chi connectivity index (χ2n) is 4.22. The van der Waals surface area contributed by atoms with Gasteiger partial charge in [0.1, 0.15) is 5.82 Å². The Kier molecular flexibility index (Phi) is 2.77. The zero-order chi connectivity index (χ0) is 9.97. The predicted octanol–water partition coefficient (Wildman–Crippen LogP) is 1.68. The maximum Gasteiger partial charge on any atom is 0.132 e. The van der Waals surface area contributed by atoms with Gasteiger partial charge in [0.05, 0.1) is 0 Å². The van der Waals surface area contributed by atoms with E-state index in [2.05, 4.69) is 29.1 Å². The molecule has 0 bridgehead atoms. The normalized spacial score (nSPS) is 21.8. The van der Waals surface area contributed by atoms with Crippen molar-refractivity contribution in [3.63, 3.8) is 0 Å². The first-order valence-electron chi connectivity index (χ1n) is 5.30. The van der Waals surface area contributed by atoms with E-state index in [1.807, 2.05) is 12.4 Å². The lowest BCUT2D eigenvalue weighted by atomic mass is 10.1. The summed E-state index contributed by atoms with van der Waals surface area (Å²) in [6, 6.07) is 0. The molecular formula is C11H17N3. The van der Waals surface area contributed by atoms with Crippen LogP contribution in [0.1, 0.15) is 43.5 Å². The van der Waals surface area contributed by atoms with Crippen LogP contribution in [0.5, 0.6) is 0 Å². The molecule has 3 nitrogen and oxygen atoms in total. The Morgan fingerprint density at radius 1 is 1.36 bits per heavy atom. The van der Waals surface area contributed by atoms with Gasteiger partial charge in [-0.25, -0.2) is 9.97 Å². The van der Waals surface area contributed by atoms with Crippen molar-refractivity contribution in [2.24, 2.45) is 0 Å². The summed E-state index contributed by atoms with van der Waals surface area (Å²) in [5, 5.41) is 3.33. The Bertz CT molecular complexity index is 286. The highest BCUT2D eigenvalue weighted by Crippen LogP contribution is 2.19. The summed E-state index contributed by atoms with van der Waals surface area (Å²) in [6.45, 7) is 6.45. The molecule has 0 amide bonds. The first-order chi connectivity index (χ1) is 6.77. The van der Waals surface area contributed by atoms with Gasteiger partial charge in [0.2, 0.25) is 0 Å². The summed E-state index contributed by atoms with van der Waals surface area (Å²) in [4.78, 5) is 8.86. The molecule has 1 saturated heterocycles. The molecule has 1 aromatic heterocycles. The average molecular weight is 191 g/mol. The molecule has 1 fully saturated rings. The van der Waals surface area contributed by atoms with Crippen LogP contribution in [0, 0.1) is 0 Å². The molecule has 3 heteroatoms. The van der Waals surface area contributed by atoms with Crippen molar-refractivity contribution in [1.29, 1.82) is 0 Å². The molecule has 0 radical (unpaired) electrons. The standard InChI is InChI=1S/C11H17N3/c1-8(2)10-6-13-11(14-7-10)9-3-4-12-5-9/h6-9,12H,3-5H2,1-2H3. The van der Waals surface area contributed by atoms with E-state index in [1.54, 1.807) is 0 Å². The first kappa shape index (κ1) is 9.59. The SMILES string of the molecule is CC(C)c1cnc(C2CCNC2)nc1. The first-order valence-corrected chi connectivity index (χ1v) is 5.30. The zero-order valence-electron chi connectivity index (χ0n) is 8.83. The van der Waals surface area contributed by atoms with Gasteiger partial charge in [0.25, 0.3) is 0 Å². The number of hydrogen-bond acceptors (Lipinski definition) is 3. The second-order valence-corrected chi connectivity index (χ2v) is 4.22. The van der Waals surface area contributed by atoms with E-state index >= 15 is 0 Å². The van der Waals surface area contributed by atoms with Gasteiger partial charge in [-0.3, -0.25) is 0 Å². The van der Waals surface area contributed by atoms with Gasteiger partial charge in [-0.05, 0) is 24.4 Å². The lowest BCUT2D eigenvalue weighted by Crippen LogP contribution is -2.10. The number of hydrogen-bond donors (Lipinski definition) is 1. The Morgan fingerprint density at radius 3 is 2.57 bits per heavy atom. The van der Waals surface area contributed by atoms with Crippen LogP contribution in [0.15, 0.2) is 12.4 Å². The third-order valence-electron chi connectivity index (χ3n) is 2.78. The van der Waals surface area contributed by atoms with Crippen LogP contribution in [0.2, 0.25) is 0 Å². The number of aromatic nitrogens is 2. The zero-order valence-corrected chi connectivity index (χ0v) is 8.83. The van der Waals surface area contributed by atoms with Crippen molar-refractivity contribution in [2.75, 3.05) is 13.1 Å². The fourth-order valence-corrected chi connectivity index (χ4v) is 1.73. The smallest absolute Gasteiger partial charge is 0.132 e. The van der Waals surface area contributed by atoms with Gasteiger partial charge in [0.15, 0.2) is 0 Å². The fourth-order valence-electron chi connectivity index (χ4n) is 1.73. The molecule has 76 valence electrons. The van der Waals surface area contributed by atoms with E-state index in [9.17, 15) is 0 Å². The Labute approximate surface area is 85.0 Å². The van der Waals surface area contributed by atoms with E-state index in [0.717, 1.165) is 18.9 Å². The van der Waals surface area contributed by atoms with Gasteiger partial charge in [-0.2, -0.15) is 0 Å². The lowest BCUT2D eigenvalue weighted by molar-refractivity contribution is 0.693. The molecule has 2 rings (SSSR count). The minimum Gasteiger partial charge on any atom is -0.316 e. The molecule has 0 saturated carbocycles. The molecule has 0 spiro atoms. The van der Waals surface area contributed by atoms with E-state index < -0.39 is 0 Å². The summed E-state index contributed by atoms with van der Waals surface area (Å²) >= 11 is 0. The molecule has 1 aromatic rings.